The number of likely N-dealkylation sites (N-methyl/N-ethyl adjacent to an activating group) is 1. The fourth-order valence-corrected chi connectivity index (χ4v) is 4.45. The van der Waals surface area contributed by atoms with Gasteiger partial charge in [-0.05, 0) is 48.7 Å². The number of rotatable bonds is 9. The first-order valence-corrected chi connectivity index (χ1v) is 12.6. The zero-order valence-electron chi connectivity index (χ0n) is 18.4. The van der Waals surface area contributed by atoms with E-state index in [9.17, 15) is 18.0 Å². The van der Waals surface area contributed by atoms with Gasteiger partial charge in [0.15, 0.2) is 0 Å². The molecule has 2 rings (SSSR count). The van der Waals surface area contributed by atoms with Gasteiger partial charge >= 0.3 is 0 Å². The minimum absolute atomic E-state index is 0.00972. The van der Waals surface area contributed by atoms with Crippen LogP contribution in [0.15, 0.2) is 42.5 Å². The highest BCUT2D eigenvalue weighted by Gasteiger charge is 2.30. The molecule has 1 unspecified atom stereocenters. The first kappa shape index (κ1) is 26.0. The molecule has 7 nitrogen and oxygen atoms in total. The third kappa shape index (κ3) is 6.60. The molecule has 0 heterocycles. The van der Waals surface area contributed by atoms with Crippen LogP contribution in [0.1, 0.15) is 25.0 Å². The van der Waals surface area contributed by atoms with Gasteiger partial charge in [0.1, 0.15) is 12.6 Å². The molecule has 0 radical (unpaired) electrons. The van der Waals surface area contributed by atoms with E-state index >= 15 is 0 Å². The highest BCUT2D eigenvalue weighted by molar-refractivity contribution is 7.92. The zero-order chi connectivity index (χ0) is 24.1. The topological polar surface area (TPSA) is 86.8 Å². The molecular formula is C22H27Cl2N3O4S. The van der Waals surface area contributed by atoms with E-state index in [1.54, 1.807) is 37.3 Å². The summed E-state index contributed by atoms with van der Waals surface area (Å²) in [7, 11) is -2.30. The van der Waals surface area contributed by atoms with E-state index in [1.165, 1.54) is 11.9 Å². The van der Waals surface area contributed by atoms with Crippen molar-refractivity contribution < 1.29 is 18.0 Å². The Bertz CT molecular complexity index is 1080. The first-order valence-electron chi connectivity index (χ1n) is 9.99. The second kappa shape index (κ2) is 11.0. The van der Waals surface area contributed by atoms with Gasteiger partial charge in [-0.25, -0.2) is 8.42 Å². The zero-order valence-corrected chi connectivity index (χ0v) is 20.8. The molecule has 0 aliphatic heterocycles. The Labute approximate surface area is 199 Å². The summed E-state index contributed by atoms with van der Waals surface area (Å²) < 4.78 is 26.0. The maximum Gasteiger partial charge on any atom is 0.244 e. The Morgan fingerprint density at radius 2 is 1.72 bits per heavy atom. The third-order valence-electron chi connectivity index (χ3n) is 5.08. The molecule has 2 aromatic carbocycles. The molecule has 2 aromatic rings. The lowest BCUT2D eigenvalue weighted by atomic mass is 10.1. The van der Waals surface area contributed by atoms with Crippen LogP contribution in [0.4, 0.5) is 5.69 Å². The standard InChI is InChI=1S/C22H27Cl2N3O4S/c1-5-16-6-10-19(11-7-16)27(32(4,30)31)14-21(28)26(15(2)22(29)25-3)13-17-8-9-18(23)12-20(17)24/h6-12,15H,5,13-14H2,1-4H3,(H,25,29). The normalized spacial score (nSPS) is 12.2. The molecule has 0 saturated heterocycles. The van der Waals surface area contributed by atoms with E-state index in [4.69, 9.17) is 23.2 Å². The number of hydrogen-bond donors (Lipinski definition) is 1. The Morgan fingerprint density at radius 1 is 1.09 bits per heavy atom. The number of sulfonamides is 1. The fraction of sp³-hybridized carbons (Fsp3) is 0.364. The van der Waals surface area contributed by atoms with Crippen LogP contribution < -0.4 is 9.62 Å². The lowest BCUT2D eigenvalue weighted by Crippen LogP contribution is -2.50. The molecule has 0 aromatic heterocycles. The lowest BCUT2D eigenvalue weighted by Gasteiger charge is -2.31. The van der Waals surface area contributed by atoms with Gasteiger partial charge in [-0.15, -0.1) is 0 Å². The van der Waals surface area contributed by atoms with Crippen molar-refractivity contribution in [1.82, 2.24) is 10.2 Å². The van der Waals surface area contributed by atoms with Gasteiger partial charge < -0.3 is 10.2 Å². The molecule has 0 spiro atoms. The molecule has 1 N–H and O–H groups in total. The molecule has 0 bridgehead atoms. The molecule has 1 atom stereocenters. The summed E-state index contributed by atoms with van der Waals surface area (Å²) in [6.45, 7) is 3.11. The maximum atomic E-state index is 13.3. The van der Waals surface area contributed by atoms with Crippen LogP contribution in [0.5, 0.6) is 0 Å². The van der Waals surface area contributed by atoms with E-state index in [0.29, 0.717) is 21.3 Å². The molecule has 0 fully saturated rings. The van der Waals surface area contributed by atoms with Crippen molar-refractivity contribution in [1.29, 1.82) is 0 Å². The maximum absolute atomic E-state index is 13.3. The molecule has 0 aliphatic carbocycles. The lowest BCUT2D eigenvalue weighted by molar-refractivity contribution is -0.139. The highest BCUT2D eigenvalue weighted by atomic mass is 35.5. The van der Waals surface area contributed by atoms with Crippen molar-refractivity contribution >= 4 is 50.7 Å². The predicted molar refractivity (Wildman–Crippen MR) is 129 cm³/mol. The van der Waals surface area contributed by atoms with Crippen molar-refractivity contribution in [2.75, 3.05) is 24.2 Å². The second-order valence-corrected chi connectivity index (χ2v) is 10.1. The molecule has 2 amide bonds. The van der Waals surface area contributed by atoms with Crippen molar-refractivity contribution in [3.63, 3.8) is 0 Å². The average molecular weight is 500 g/mol. The van der Waals surface area contributed by atoms with Crippen LogP contribution in [0.2, 0.25) is 10.0 Å². The van der Waals surface area contributed by atoms with E-state index < -0.39 is 28.5 Å². The number of amides is 2. The number of aryl methyl sites for hydroxylation is 1. The second-order valence-electron chi connectivity index (χ2n) is 7.34. The number of anilines is 1. The van der Waals surface area contributed by atoms with Crippen LogP contribution >= 0.6 is 23.2 Å². The van der Waals surface area contributed by atoms with E-state index in [1.807, 2.05) is 19.1 Å². The van der Waals surface area contributed by atoms with Gasteiger partial charge in [0.25, 0.3) is 0 Å². The molecule has 0 saturated carbocycles. The highest BCUT2D eigenvalue weighted by Crippen LogP contribution is 2.24. The fourth-order valence-electron chi connectivity index (χ4n) is 3.14. The molecule has 10 heteroatoms. The number of halogens is 2. The van der Waals surface area contributed by atoms with Gasteiger partial charge in [-0.1, -0.05) is 48.3 Å². The average Bonchev–Trinajstić information content (AvgIpc) is 2.75. The number of hydrogen-bond acceptors (Lipinski definition) is 4. The molecule has 32 heavy (non-hydrogen) atoms. The smallest absolute Gasteiger partial charge is 0.244 e. The van der Waals surface area contributed by atoms with Gasteiger partial charge in [-0.3, -0.25) is 13.9 Å². The number of benzene rings is 2. The minimum atomic E-state index is -3.76. The summed E-state index contributed by atoms with van der Waals surface area (Å²) >= 11 is 12.2. The van der Waals surface area contributed by atoms with Crippen LogP contribution in [-0.4, -0.2) is 51.0 Å². The van der Waals surface area contributed by atoms with Gasteiger partial charge in [-0.2, -0.15) is 0 Å². The minimum Gasteiger partial charge on any atom is -0.357 e. The van der Waals surface area contributed by atoms with Gasteiger partial charge in [0.05, 0.1) is 11.9 Å². The predicted octanol–water partition coefficient (Wildman–Crippen LogP) is 3.49. The van der Waals surface area contributed by atoms with Crippen LogP contribution in [-0.2, 0) is 32.6 Å². The van der Waals surface area contributed by atoms with Gasteiger partial charge in [0, 0.05) is 23.6 Å². The SMILES string of the molecule is CCc1ccc(N(CC(=O)N(Cc2ccc(Cl)cc2Cl)C(C)C(=O)NC)S(C)(=O)=O)cc1. The largest absolute Gasteiger partial charge is 0.357 e. The Morgan fingerprint density at radius 3 is 2.22 bits per heavy atom. The number of carbonyl (C=O) groups is 2. The number of nitrogens with zero attached hydrogens (tertiary/aromatic N) is 2. The van der Waals surface area contributed by atoms with Crippen molar-refractivity contribution in [2.45, 2.75) is 32.9 Å². The monoisotopic (exact) mass is 499 g/mol. The molecule has 174 valence electrons. The molecular weight excluding hydrogens is 473 g/mol. The summed E-state index contributed by atoms with van der Waals surface area (Å²) in [5, 5.41) is 3.30. The number of carbonyl (C=O) groups excluding carboxylic acids is 2. The van der Waals surface area contributed by atoms with Crippen molar-refractivity contribution in [3.8, 4) is 0 Å². The van der Waals surface area contributed by atoms with E-state index in [-0.39, 0.29) is 12.5 Å². The van der Waals surface area contributed by atoms with E-state index in [2.05, 4.69) is 5.32 Å². The van der Waals surface area contributed by atoms with Crippen LogP contribution in [0, 0.1) is 0 Å². The Kier molecular flexibility index (Phi) is 8.95. The Balaban J connectivity index is 2.39. The Hall–Kier alpha value is -2.29. The summed E-state index contributed by atoms with van der Waals surface area (Å²) in [5.41, 5.74) is 1.99. The summed E-state index contributed by atoms with van der Waals surface area (Å²) in [5.74, 6) is -0.932. The molecule has 0 aliphatic rings. The summed E-state index contributed by atoms with van der Waals surface area (Å²) in [6, 6.07) is 10.9. The van der Waals surface area contributed by atoms with Crippen LogP contribution in [0.3, 0.4) is 0 Å². The van der Waals surface area contributed by atoms with Crippen LogP contribution in [0.25, 0.3) is 0 Å². The first-order chi connectivity index (χ1) is 15.0. The third-order valence-corrected chi connectivity index (χ3v) is 6.81. The van der Waals surface area contributed by atoms with Crippen molar-refractivity contribution in [2.24, 2.45) is 0 Å². The summed E-state index contributed by atoms with van der Waals surface area (Å²) in [6.07, 6.45) is 1.84. The quantitative estimate of drug-likeness (QED) is 0.571. The van der Waals surface area contributed by atoms with Crippen molar-refractivity contribution in [3.05, 3.63) is 63.6 Å². The van der Waals surface area contributed by atoms with Gasteiger partial charge in [0.2, 0.25) is 21.8 Å². The number of nitrogens with one attached hydrogen (secondary N) is 1. The summed E-state index contributed by atoms with van der Waals surface area (Å²) in [4.78, 5) is 26.9. The van der Waals surface area contributed by atoms with E-state index in [0.717, 1.165) is 22.5 Å².